The first-order valence-electron chi connectivity index (χ1n) is 23.0. The van der Waals surface area contributed by atoms with Gasteiger partial charge in [-0.05, 0) is 91.8 Å². The second-order valence-electron chi connectivity index (χ2n) is 19.5. The summed E-state index contributed by atoms with van der Waals surface area (Å²) in [5, 5.41) is 3.08. The van der Waals surface area contributed by atoms with Crippen LogP contribution in [-0.4, -0.2) is 37.8 Å². The van der Waals surface area contributed by atoms with Crippen molar-refractivity contribution in [2.75, 3.05) is 0 Å². The normalized spacial score (nSPS) is 11.8. The Hall–Kier alpha value is -5.80. The summed E-state index contributed by atoms with van der Waals surface area (Å²) >= 11 is -1.93. The van der Waals surface area contributed by atoms with E-state index in [0.717, 1.165) is 102 Å². The fourth-order valence-corrected chi connectivity index (χ4v) is 12.5. The van der Waals surface area contributed by atoms with Crippen LogP contribution in [0.4, 0.5) is 4.39 Å². The maximum Gasteiger partial charge on any atom is 0.216 e. The van der Waals surface area contributed by atoms with E-state index < -0.39 is 13.3 Å². The molecule has 67 heavy (non-hydrogen) atoms. The van der Waals surface area contributed by atoms with Crippen molar-refractivity contribution in [3.05, 3.63) is 167 Å². The van der Waals surface area contributed by atoms with Crippen molar-refractivity contribution in [2.24, 2.45) is 11.8 Å². The van der Waals surface area contributed by atoms with E-state index in [9.17, 15) is 4.39 Å². The standard InChI is InChI=1S/C40H33N4O.C18H23FGeN.Ir/c1-23(2)20-30-17-18-32-31-12-9-13-33(38(31)45-40(32)42-30)39-43-34-19-16-28-15-14-26(5)41-35(28)37(34)44(39)36-24(3)21-29(22-25(36)4)27-10-7-6-8-11-27;1-13(2)10-15-11-18(14-6-8-16(19)9-7-14)21-12-17(15)20(3,4)5;/h6-12,14-19,21-23H,20H2,1-5H3;6,8-9,11-13H,10H2,1-5H3;/q2*-1;. The third-order valence-corrected chi connectivity index (χ3v) is 16.4. The molecular formula is C58H56FGeIrN5O-2. The molecule has 1 radical (unpaired) electrons. The van der Waals surface area contributed by atoms with Gasteiger partial charge in [-0.1, -0.05) is 67.3 Å². The number of halogens is 1. The maximum atomic E-state index is 13.0. The Morgan fingerprint density at radius 3 is 2.15 bits per heavy atom. The molecule has 0 saturated heterocycles. The van der Waals surface area contributed by atoms with Crippen LogP contribution in [0.2, 0.25) is 17.3 Å². The van der Waals surface area contributed by atoms with Gasteiger partial charge in [0.1, 0.15) is 0 Å². The topological polar surface area (TPSA) is 69.6 Å². The van der Waals surface area contributed by atoms with Crippen molar-refractivity contribution in [1.82, 2.24) is 24.5 Å². The van der Waals surface area contributed by atoms with Crippen LogP contribution in [0.3, 0.4) is 0 Å². The van der Waals surface area contributed by atoms with E-state index >= 15 is 0 Å². The number of aromatic nitrogens is 5. The third-order valence-electron chi connectivity index (χ3n) is 12.1. The van der Waals surface area contributed by atoms with Crippen LogP contribution in [0.5, 0.6) is 0 Å². The van der Waals surface area contributed by atoms with E-state index in [2.05, 4.69) is 171 Å². The van der Waals surface area contributed by atoms with E-state index in [1.54, 1.807) is 6.07 Å². The van der Waals surface area contributed by atoms with Gasteiger partial charge in [0.25, 0.3) is 0 Å². The number of benzene rings is 5. The van der Waals surface area contributed by atoms with Crippen LogP contribution in [0.15, 0.2) is 126 Å². The predicted octanol–water partition coefficient (Wildman–Crippen LogP) is 14.6. The van der Waals surface area contributed by atoms with Gasteiger partial charge in [-0.3, -0.25) is 9.97 Å². The molecular weight excluding hydrogens is 1070 g/mol. The van der Waals surface area contributed by atoms with Crippen molar-refractivity contribution in [3.8, 4) is 39.5 Å². The van der Waals surface area contributed by atoms with Crippen LogP contribution in [0.1, 0.15) is 55.8 Å². The molecule has 0 aliphatic heterocycles. The van der Waals surface area contributed by atoms with Gasteiger partial charge < -0.3 is 8.98 Å². The molecule has 5 aromatic heterocycles. The van der Waals surface area contributed by atoms with Gasteiger partial charge in [0.2, 0.25) is 5.71 Å². The molecule has 0 spiro atoms. The molecule has 0 fully saturated rings. The molecule has 5 aromatic carbocycles. The van der Waals surface area contributed by atoms with Crippen molar-refractivity contribution < 1.29 is 28.9 Å². The average Bonchev–Trinajstić information content (AvgIpc) is 3.85. The van der Waals surface area contributed by atoms with Crippen LogP contribution in [0, 0.1) is 50.6 Å². The van der Waals surface area contributed by atoms with Crippen molar-refractivity contribution in [2.45, 2.75) is 78.6 Å². The fraction of sp³-hybridized carbons (Fsp3) is 0.241. The number of furan rings is 1. The van der Waals surface area contributed by atoms with E-state index in [0.29, 0.717) is 17.5 Å². The Bertz CT molecular complexity index is 3380. The first-order chi connectivity index (χ1) is 31.6. The van der Waals surface area contributed by atoms with Gasteiger partial charge in [0, 0.05) is 48.0 Å². The van der Waals surface area contributed by atoms with E-state index in [1.165, 1.54) is 33.2 Å². The minimum Gasteiger partial charge on any atom is -0.486 e. The summed E-state index contributed by atoms with van der Waals surface area (Å²) in [5.74, 6) is 8.81. The Labute approximate surface area is 409 Å². The summed E-state index contributed by atoms with van der Waals surface area (Å²) in [5.41, 5.74) is 15.9. The molecule has 0 unspecified atom stereocenters. The molecule has 10 rings (SSSR count). The van der Waals surface area contributed by atoms with Crippen molar-refractivity contribution >= 4 is 61.7 Å². The largest absolute Gasteiger partial charge is 0.486 e. The second kappa shape index (κ2) is 19.4. The molecule has 9 heteroatoms. The summed E-state index contributed by atoms with van der Waals surface area (Å²) in [6.45, 7) is 15.3. The maximum absolute atomic E-state index is 13.0. The number of hydrogen-bond donors (Lipinski definition) is 0. The van der Waals surface area contributed by atoms with Gasteiger partial charge in [-0.2, -0.15) is 0 Å². The third kappa shape index (κ3) is 9.81. The Morgan fingerprint density at radius 1 is 0.731 bits per heavy atom. The first-order valence-corrected chi connectivity index (χ1v) is 30.3. The molecule has 0 aliphatic carbocycles. The SMILES string of the molecule is CC(C)Cc1cc(-c2[c-]cc(F)cc2)nc[c]1[Ge]([CH3])([CH3])[CH3].Cc1ccc2ccc3nc(-c4[c-]ccc5c4oc4nc(CC(C)C)ccc45)n(-c4c(C)cc(-c5ccccc5)cc4C)c3c2n1.[Ir]. The zero-order valence-electron chi connectivity index (χ0n) is 40.0. The monoisotopic (exact) mass is 1120 g/mol. The molecule has 0 saturated carbocycles. The Balaban J connectivity index is 0.000000234. The predicted molar refractivity (Wildman–Crippen MR) is 274 cm³/mol. The molecule has 5 heterocycles. The number of fused-ring (bicyclic) bond motifs is 6. The van der Waals surface area contributed by atoms with E-state index in [1.807, 2.05) is 19.2 Å². The quantitative estimate of drug-likeness (QED) is 0.106. The van der Waals surface area contributed by atoms with Gasteiger partial charge in [-0.25, -0.2) is 4.98 Å². The van der Waals surface area contributed by atoms with Crippen molar-refractivity contribution in [1.29, 1.82) is 0 Å². The smallest absolute Gasteiger partial charge is 0.216 e. The van der Waals surface area contributed by atoms with Crippen LogP contribution >= 0.6 is 0 Å². The number of aryl methyl sites for hydroxylation is 3. The van der Waals surface area contributed by atoms with E-state index in [4.69, 9.17) is 19.4 Å². The van der Waals surface area contributed by atoms with E-state index in [-0.39, 0.29) is 25.9 Å². The molecule has 6 nitrogen and oxygen atoms in total. The number of pyridine rings is 3. The zero-order chi connectivity index (χ0) is 46.4. The molecule has 0 bridgehead atoms. The minimum absolute atomic E-state index is 0. The number of imidazole rings is 1. The molecule has 0 N–H and O–H groups in total. The second-order valence-corrected chi connectivity index (χ2v) is 30.1. The number of rotatable bonds is 9. The first kappa shape index (κ1) is 47.7. The van der Waals surface area contributed by atoms with Crippen LogP contribution in [0.25, 0.3) is 83.5 Å². The summed E-state index contributed by atoms with van der Waals surface area (Å²) in [7, 11) is 0. The molecule has 0 atom stereocenters. The minimum atomic E-state index is -1.93. The molecule has 0 aliphatic rings. The molecule has 0 amide bonds. The molecule has 341 valence electrons. The summed E-state index contributed by atoms with van der Waals surface area (Å²) in [4.78, 5) is 19.9. The van der Waals surface area contributed by atoms with Gasteiger partial charge in [-0.15, -0.1) is 18.2 Å². The Kier molecular flexibility index (Phi) is 13.8. The summed E-state index contributed by atoms with van der Waals surface area (Å²) < 4.78 is 23.4. The van der Waals surface area contributed by atoms with Gasteiger partial charge in [0.05, 0.1) is 28.0 Å². The summed E-state index contributed by atoms with van der Waals surface area (Å²) in [6.07, 6.45) is 4.01. The number of hydrogen-bond acceptors (Lipinski definition) is 5. The van der Waals surface area contributed by atoms with Crippen molar-refractivity contribution in [3.63, 3.8) is 0 Å². The van der Waals surface area contributed by atoms with Gasteiger partial charge in [0.15, 0.2) is 0 Å². The molecule has 10 aromatic rings. The van der Waals surface area contributed by atoms with Crippen LogP contribution < -0.4 is 4.40 Å². The van der Waals surface area contributed by atoms with Crippen LogP contribution in [-0.2, 0) is 32.9 Å². The fourth-order valence-electron chi connectivity index (χ4n) is 9.18. The number of nitrogens with zero attached hydrogens (tertiary/aromatic N) is 5. The summed E-state index contributed by atoms with van der Waals surface area (Å²) in [6, 6.07) is 45.0. The zero-order valence-corrected chi connectivity index (χ0v) is 44.5. The van der Waals surface area contributed by atoms with Gasteiger partial charge >= 0.3 is 130 Å². The Morgan fingerprint density at radius 2 is 1.46 bits per heavy atom. The average molecular weight is 1120 g/mol.